The molecule has 2 saturated heterocycles. The molecule has 37 heavy (non-hydrogen) atoms. The molecule has 5 rings (SSSR count). The van der Waals surface area contributed by atoms with Gasteiger partial charge in [0.15, 0.2) is 0 Å². The lowest BCUT2D eigenvalue weighted by Gasteiger charge is -2.44. The van der Waals surface area contributed by atoms with Gasteiger partial charge in [0.05, 0.1) is 5.69 Å². The molecular weight excluding hydrogens is 464 g/mol. The number of hydrogen-bond donors (Lipinski definition) is 1. The maximum Gasteiger partial charge on any atom is 0.298 e. The van der Waals surface area contributed by atoms with Crippen molar-refractivity contribution in [2.75, 3.05) is 44.7 Å². The molecule has 0 unspecified atom stereocenters. The van der Waals surface area contributed by atoms with Crippen LogP contribution in [0.2, 0.25) is 0 Å². The van der Waals surface area contributed by atoms with Gasteiger partial charge in [-0.1, -0.05) is 12.0 Å². The van der Waals surface area contributed by atoms with Crippen LogP contribution in [-0.4, -0.2) is 66.1 Å². The number of nitrogens with zero attached hydrogens (tertiary/aromatic N) is 3. The maximum atomic E-state index is 12.2. The number of carbonyl (C=O) groups is 1. The Hall–Kier alpha value is -3.08. The number of pyridine rings is 1. The van der Waals surface area contributed by atoms with Crippen LogP contribution in [0.25, 0.3) is 0 Å². The largest absolute Gasteiger partial charge is 0.486 e. The molecule has 3 aliphatic rings. The van der Waals surface area contributed by atoms with Crippen molar-refractivity contribution in [3.8, 4) is 17.6 Å². The molecule has 0 aliphatic carbocycles. The summed E-state index contributed by atoms with van der Waals surface area (Å²) in [5, 5.41) is 3.62. The second-order valence-corrected chi connectivity index (χ2v) is 10.5. The van der Waals surface area contributed by atoms with Gasteiger partial charge in [-0.05, 0) is 81.2 Å². The second-order valence-electron chi connectivity index (χ2n) is 10.5. The number of hydrogen-bond acceptors (Lipinski definition) is 6. The molecule has 1 atom stereocenters. The van der Waals surface area contributed by atoms with Crippen molar-refractivity contribution >= 4 is 17.4 Å². The zero-order valence-electron chi connectivity index (χ0n) is 22.5. The molecule has 0 radical (unpaired) electrons. The Balaban J connectivity index is 1.29. The summed E-state index contributed by atoms with van der Waals surface area (Å²) in [6.07, 6.45) is 4.00. The highest BCUT2D eigenvalue weighted by Crippen LogP contribution is 2.42. The monoisotopic (exact) mass is 502 g/mol. The number of nitrogens with one attached hydrogen (secondary N) is 1. The van der Waals surface area contributed by atoms with E-state index in [4.69, 9.17) is 14.5 Å². The van der Waals surface area contributed by atoms with Crippen molar-refractivity contribution in [1.29, 1.82) is 0 Å². The highest BCUT2D eigenvalue weighted by Gasteiger charge is 2.34. The van der Waals surface area contributed by atoms with E-state index in [-0.39, 0.29) is 5.91 Å². The number of aromatic nitrogens is 1. The molecule has 3 aliphatic heterocycles. The third-order valence-electron chi connectivity index (χ3n) is 8.05. The minimum atomic E-state index is -0.0877. The van der Waals surface area contributed by atoms with Crippen LogP contribution >= 0.6 is 0 Å². The van der Waals surface area contributed by atoms with Crippen LogP contribution in [0.15, 0.2) is 24.4 Å². The average Bonchev–Trinajstić information content (AvgIpc) is 3.06. The van der Waals surface area contributed by atoms with Gasteiger partial charge in [0.1, 0.15) is 18.2 Å². The van der Waals surface area contributed by atoms with Gasteiger partial charge in [-0.2, -0.15) is 0 Å². The number of aryl methyl sites for hydroxylation is 1. The molecule has 196 valence electrons. The number of amides is 1. The van der Waals surface area contributed by atoms with Crippen molar-refractivity contribution in [3.05, 3.63) is 46.6 Å². The Morgan fingerprint density at radius 2 is 2.05 bits per heavy atom. The minimum Gasteiger partial charge on any atom is -0.486 e. The predicted molar refractivity (Wildman–Crippen MR) is 145 cm³/mol. The van der Waals surface area contributed by atoms with Crippen LogP contribution in [0.3, 0.4) is 0 Å². The van der Waals surface area contributed by atoms with Crippen LogP contribution in [0.5, 0.6) is 5.75 Å². The van der Waals surface area contributed by atoms with E-state index >= 15 is 0 Å². The Bertz CT molecular complexity index is 1210. The molecule has 1 N–H and O–H groups in total. The molecule has 4 heterocycles. The highest BCUT2D eigenvalue weighted by molar-refractivity contribution is 5.93. The molecule has 1 aromatic carbocycles. The summed E-state index contributed by atoms with van der Waals surface area (Å²) in [5.74, 6) is 8.07. The molecule has 7 nitrogen and oxygen atoms in total. The van der Waals surface area contributed by atoms with Gasteiger partial charge >= 0.3 is 0 Å². The Morgan fingerprint density at radius 1 is 1.27 bits per heavy atom. The number of ether oxygens (including phenoxy) is 2. The third kappa shape index (κ3) is 5.32. The summed E-state index contributed by atoms with van der Waals surface area (Å²) in [4.78, 5) is 21.2. The fourth-order valence-corrected chi connectivity index (χ4v) is 5.81. The first-order valence-electron chi connectivity index (χ1n) is 13.5. The predicted octanol–water partition coefficient (Wildman–Crippen LogP) is 4.58. The van der Waals surface area contributed by atoms with Crippen LogP contribution in [-0.2, 0) is 16.1 Å². The van der Waals surface area contributed by atoms with E-state index in [0.717, 1.165) is 67.5 Å². The minimum absolute atomic E-state index is 0.0877. The first kappa shape index (κ1) is 25.6. The fraction of sp³-hybridized carbons (Fsp3) is 0.533. The van der Waals surface area contributed by atoms with Crippen LogP contribution in [0, 0.1) is 18.8 Å². The molecule has 0 saturated carbocycles. The van der Waals surface area contributed by atoms with E-state index in [2.05, 4.69) is 54.1 Å². The van der Waals surface area contributed by atoms with Crippen LogP contribution in [0.1, 0.15) is 67.7 Å². The van der Waals surface area contributed by atoms with Gasteiger partial charge in [0.2, 0.25) is 0 Å². The molecule has 2 fully saturated rings. The van der Waals surface area contributed by atoms with Gasteiger partial charge < -0.3 is 19.7 Å². The van der Waals surface area contributed by atoms with Gasteiger partial charge in [-0.15, -0.1) is 0 Å². The molecule has 0 bridgehead atoms. The van der Waals surface area contributed by atoms with Crippen molar-refractivity contribution in [2.45, 2.75) is 65.0 Å². The summed E-state index contributed by atoms with van der Waals surface area (Å²) in [5.41, 5.74) is 5.96. The van der Waals surface area contributed by atoms with Gasteiger partial charge in [-0.25, -0.2) is 4.98 Å². The van der Waals surface area contributed by atoms with E-state index < -0.39 is 0 Å². The van der Waals surface area contributed by atoms with E-state index in [1.165, 1.54) is 11.1 Å². The molecule has 1 amide bonds. The number of likely N-dealkylation sites (N-methyl/N-ethyl adjacent to an activating group) is 1. The quantitative estimate of drug-likeness (QED) is 0.584. The summed E-state index contributed by atoms with van der Waals surface area (Å²) < 4.78 is 12.0. The lowest BCUT2D eigenvalue weighted by molar-refractivity contribution is -0.126. The van der Waals surface area contributed by atoms with E-state index in [0.29, 0.717) is 37.6 Å². The topological polar surface area (TPSA) is 66.9 Å². The molecular formula is C30H38N4O3. The second kappa shape index (κ2) is 11.1. The third-order valence-corrected chi connectivity index (χ3v) is 8.05. The standard InChI is InChI=1S/C30H38N4O3/c1-5-7-28(35)33(6-2)16-21(4)34-17-24(18-34)23-14-20(3)29-27(15-23)32-30-26(19-37-29)25(8-11-31-30)22-9-12-36-13-10-22/h8,11,14-15,21-22,24H,6,9-10,12-13,16-19H2,1-4H3,(H,31,32)/t21-/m0/s1. The smallest absolute Gasteiger partial charge is 0.298 e. The fourth-order valence-electron chi connectivity index (χ4n) is 5.81. The highest BCUT2D eigenvalue weighted by atomic mass is 16.5. The lowest BCUT2D eigenvalue weighted by atomic mass is 9.88. The zero-order valence-corrected chi connectivity index (χ0v) is 22.5. The average molecular weight is 503 g/mol. The van der Waals surface area contributed by atoms with Crippen LogP contribution in [0.4, 0.5) is 11.5 Å². The van der Waals surface area contributed by atoms with E-state index in [1.54, 1.807) is 6.92 Å². The summed E-state index contributed by atoms with van der Waals surface area (Å²) >= 11 is 0. The molecule has 2 aromatic rings. The molecule has 0 spiro atoms. The van der Waals surface area contributed by atoms with Crippen molar-refractivity contribution in [3.63, 3.8) is 0 Å². The number of likely N-dealkylation sites (tertiary alicyclic amines) is 1. The number of rotatable bonds is 6. The molecule has 7 heteroatoms. The maximum absolute atomic E-state index is 12.2. The normalized spacial score (nSPS) is 18.6. The Labute approximate surface area is 220 Å². The summed E-state index contributed by atoms with van der Waals surface area (Å²) in [6.45, 7) is 13.5. The Morgan fingerprint density at radius 3 is 2.78 bits per heavy atom. The number of anilines is 2. The summed E-state index contributed by atoms with van der Waals surface area (Å²) in [6, 6.07) is 6.96. The SMILES string of the molecule is CC#CC(=O)N(CC)C[C@H](C)N1CC(c2cc(C)c3c(c2)Nc2nccc(C4CCOCC4)c2CO3)C1. The first-order valence-corrected chi connectivity index (χ1v) is 13.5. The van der Waals surface area contributed by atoms with Crippen molar-refractivity contribution in [1.82, 2.24) is 14.8 Å². The van der Waals surface area contributed by atoms with Crippen molar-refractivity contribution < 1.29 is 14.3 Å². The zero-order chi connectivity index (χ0) is 25.9. The van der Waals surface area contributed by atoms with Gasteiger partial charge in [0.25, 0.3) is 5.91 Å². The molecule has 1 aromatic heterocycles. The van der Waals surface area contributed by atoms with E-state index in [1.807, 2.05) is 18.0 Å². The van der Waals surface area contributed by atoms with Crippen molar-refractivity contribution in [2.24, 2.45) is 0 Å². The van der Waals surface area contributed by atoms with Crippen LogP contribution < -0.4 is 10.1 Å². The summed E-state index contributed by atoms with van der Waals surface area (Å²) in [7, 11) is 0. The first-order chi connectivity index (χ1) is 18.0. The number of benzene rings is 1. The Kier molecular flexibility index (Phi) is 7.68. The van der Waals surface area contributed by atoms with Gasteiger partial charge in [0, 0.05) is 63.1 Å². The number of fused-ring (bicyclic) bond motifs is 2. The number of carbonyl (C=O) groups excluding carboxylic acids is 1. The lowest BCUT2D eigenvalue weighted by Crippen LogP contribution is -2.53. The van der Waals surface area contributed by atoms with Gasteiger partial charge in [-0.3, -0.25) is 9.69 Å². The van der Waals surface area contributed by atoms with E-state index in [9.17, 15) is 4.79 Å².